The Morgan fingerprint density at radius 3 is 1.77 bits per heavy atom. The summed E-state index contributed by atoms with van der Waals surface area (Å²) in [6.45, 7) is 7.02. The number of benzene rings is 5. The summed E-state index contributed by atoms with van der Waals surface area (Å²) in [5.74, 6) is 0.827. The maximum Gasteiger partial charge on any atom is 0.136 e. The van der Waals surface area contributed by atoms with Crippen LogP contribution in [0.3, 0.4) is 0 Å². The van der Waals surface area contributed by atoms with Crippen molar-refractivity contribution in [2.24, 2.45) is 5.92 Å². The van der Waals surface area contributed by atoms with Crippen molar-refractivity contribution >= 4 is 35.2 Å². The van der Waals surface area contributed by atoms with Gasteiger partial charge in [-0.15, -0.1) is 0 Å². The monoisotopic (exact) mass is 992 g/mol. The standard InChI is InChI=1S/C30H27NO.C14H17NSi.C11H9N.Ir/c1-3-8-21(9-4-1)18-22-16-17-31-27(19-22)24-14-15-28-26(20-24)30-25(12-7-13-29(30)32-28)23-10-5-2-6-11-23;1-16(2,3)13-9-10-14(15-11-13)12-7-5-4-6-8-12;1-2-6-10(7-3-1)11-8-4-5-9-12-11;/h2,5-7,10-17,19-21H,1,3-4,8-9,18H2;4-11H,1-3H3;1-9H;. The molecule has 4 nitrogen and oxygen atoms in total. The van der Waals surface area contributed by atoms with Crippen LogP contribution in [0.5, 0.6) is 0 Å². The van der Waals surface area contributed by atoms with E-state index in [0.29, 0.717) is 0 Å². The Kier molecular flexibility index (Phi) is 14.7. The molecule has 5 aromatic carbocycles. The van der Waals surface area contributed by atoms with Gasteiger partial charge in [0.1, 0.15) is 11.2 Å². The molecule has 61 heavy (non-hydrogen) atoms. The van der Waals surface area contributed by atoms with E-state index in [1.165, 1.54) is 71.4 Å². The van der Waals surface area contributed by atoms with Crippen LogP contribution < -0.4 is 5.19 Å². The summed E-state index contributed by atoms with van der Waals surface area (Å²) in [4.78, 5) is 13.5. The largest absolute Gasteiger partial charge is 0.456 e. The van der Waals surface area contributed by atoms with E-state index in [4.69, 9.17) is 9.40 Å². The van der Waals surface area contributed by atoms with Gasteiger partial charge in [-0.25, -0.2) is 0 Å². The van der Waals surface area contributed by atoms with Crippen molar-refractivity contribution in [2.75, 3.05) is 0 Å². The van der Waals surface area contributed by atoms with Crippen LogP contribution in [-0.4, -0.2) is 23.0 Å². The van der Waals surface area contributed by atoms with Crippen molar-refractivity contribution in [2.45, 2.75) is 58.2 Å². The Morgan fingerprint density at radius 2 is 1.15 bits per heavy atom. The van der Waals surface area contributed by atoms with E-state index < -0.39 is 8.07 Å². The van der Waals surface area contributed by atoms with Gasteiger partial charge in [-0.05, 0) is 88.8 Å². The Balaban J connectivity index is 0.000000161. The van der Waals surface area contributed by atoms with E-state index >= 15 is 0 Å². The number of fused-ring (bicyclic) bond motifs is 3. The molecule has 1 fully saturated rings. The summed E-state index contributed by atoms with van der Waals surface area (Å²) in [5, 5.41) is 3.73. The molecule has 6 heteroatoms. The number of nitrogens with zero attached hydrogens (tertiary/aromatic N) is 3. The van der Waals surface area contributed by atoms with E-state index in [-0.39, 0.29) is 20.1 Å². The smallest absolute Gasteiger partial charge is 0.136 e. The topological polar surface area (TPSA) is 51.8 Å². The van der Waals surface area contributed by atoms with Crippen molar-refractivity contribution in [1.82, 2.24) is 15.0 Å². The molecule has 1 aliphatic rings. The Morgan fingerprint density at radius 1 is 0.508 bits per heavy atom. The molecular weight excluding hydrogens is 939 g/mol. The summed E-state index contributed by atoms with van der Waals surface area (Å²) in [6.07, 6.45) is 13.9. The molecule has 0 bridgehead atoms. The third kappa shape index (κ3) is 11.1. The Bertz CT molecular complexity index is 2690. The fourth-order valence-corrected chi connectivity index (χ4v) is 9.12. The van der Waals surface area contributed by atoms with E-state index in [1.54, 1.807) is 0 Å². The number of pyridine rings is 3. The van der Waals surface area contributed by atoms with Gasteiger partial charge in [0.2, 0.25) is 0 Å². The quantitative estimate of drug-likeness (QED) is 0.149. The second kappa shape index (κ2) is 20.7. The van der Waals surface area contributed by atoms with Gasteiger partial charge in [0.05, 0.1) is 25.2 Å². The minimum absolute atomic E-state index is 0. The third-order valence-corrected chi connectivity index (χ3v) is 13.4. The molecule has 1 aliphatic carbocycles. The van der Waals surface area contributed by atoms with E-state index in [0.717, 1.165) is 50.7 Å². The maximum atomic E-state index is 6.21. The van der Waals surface area contributed by atoms with Gasteiger partial charge >= 0.3 is 0 Å². The van der Waals surface area contributed by atoms with E-state index in [9.17, 15) is 0 Å². The molecule has 1 saturated carbocycles. The molecule has 0 saturated heterocycles. The van der Waals surface area contributed by atoms with Gasteiger partial charge in [-0.1, -0.05) is 167 Å². The van der Waals surface area contributed by atoms with Gasteiger partial charge in [-0.3, -0.25) is 15.0 Å². The van der Waals surface area contributed by atoms with E-state index in [2.05, 4.69) is 145 Å². The van der Waals surface area contributed by atoms with Crippen LogP contribution in [-0.2, 0) is 26.5 Å². The zero-order valence-electron chi connectivity index (χ0n) is 35.3. The van der Waals surface area contributed by atoms with Crippen molar-refractivity contribution in [3.63, 3.8) is 0 Å². The van der Waals surface area contributed by atoms with Crippen LogP contribution in [0.1, 0.15) is 37.7 Å². The molecule has 0 unspecified atom stereocenters. The van der Waals surface area contributed by atoms with Crippen LogP contribution in [0.2, 0.25) is 19.6 Å². The maximum absolute atomic E-state index is 6.21. The second-order valence-corrected chi connectivity index (χ2v) is 21.8. The Hall–Kier alpha value is -5.78. The average Bonchev–Trinajstić information content (AvgIpc) is 3.69. The molecule has 10 rings (SSSR count). The van der Waals surface area contributed by atoms with Crippen molar-refractivity contribution in [1.29, 1.82) is 0 Å². The molecule has 4 heterocycles. The second-order valence-electron chi connectivity index (χ2n) is 16.7. The molecule has 0 N–H and O–H groups in total. The molecule has 9 aromatic rings. The van der Waals surface area contributed by atoms with Crippen LogP contribution in [0.15, 0.2) is 193 Å². The van der Waals surface area contributed by atoms with Crippen molar-refractivity contribution < 1.29 is 24.5 Å². The first-order valence-corrected chi connectivity index (χ1v) is 24.8. The Labute approximate surface area is 375 Å². The van der Waals surface area contributed by atoms with Gasteiger partial charge in [0.15, 0.2) is 0 Å². The number of aromatic nitrogens is 3. The van der Waals surface area contributed by atoms with Gasteiger partial charge in [0, 0.05) is 66.2 Å². The average molecular weight is 992 g/mol. The first-order valence-electron chi connectivity index (χ1n) is 21.3. The normalized spacial score (nSPS) is 12.7. The number of rotatable bonds is 7. The predicted molar refractivity (Wildman–Crippen MR) is 255 cm³/mol. The number of hydrogen-bond donors (Lipinski definition) is 0. The van der Waals surface area contributed by atoms with Crippen LogP contribution in [0.4, 0.5) is 0 Å². The SMILES string of the molecule is C[Si](C)(C)c1ccc(-c2ccccc2)nc1.[Ir].c1ccc(-c2cccc3oc4ccc(-c5cc(CC6CCCCC6)ccn5)cc4c23)cc1.c1ccc(-c2ccccn2)cc1. The number of hydrogen-bond acceptors (Lipinski definition) is 4. The van der Waals surface area contributed by atoms with Crippen LogP contribution in [0, 0.1) is 5.92 Å². The van der Waals surface area contributed by atoms with Crippen molar-refractivity contribution in [3.8, 4) is 44.9 Å². The molecule has 1 radical (unpaired) electrons. The van der Waals surface area contributed by atoms with Gasteiger partial charge in [-0.2, -0.15) is 0 Å². The first-order chi connectivity index (χ1) is 29.4. The van der Waals surface area contributed by atoms with Crippen LogP contribution >= 0.6 is 0 Å². The van der Waals surface area contributed by atoms with Gasteiger partial charge in [0.25, 0.3) is 0 Å². The fraction of sp³-hybridized carbons (Fsp3) is 0.182. The molecular formula is C55H53IrN3OSi. The molecule has 307 valence electrons. The van der Waals surface area contributed by atoms with E-state index in [1.807, 2.05) is 73.2 Å². The number of furan rings is 1. The molecule has 0 amide bonds. The summed E-state index contributed by atoms with van der Waals surface area (Å²) >= 11 is 0. The third-order valence-electron chi connectivity index (χ3n) is 11.4. The summed E-state index contributed by atoms with van der Waals surface area (Å²) in [6, 6.07) is 58.6. The fourth-order valence-electron chi connectivity index (χ4n) is 8.09. The zero-order chi connectivity index (χ0) is 41.2. The summed E-state index contributed by atoms with van der Waals surface area (Å²) in [5.41, 5.74) is 12.3. The zero-order valence-corrected chi connectivity index (χ0v) is 38.7. The minimum Gasteiger partial charge on any atom is -0.456 e. The molecule has 0 aliphatic heterocycles. The molecule has 4 aromatic heterocycles. The summed E-state index contributed by atoms with van der Waals surface area (Å²) < 4.78 is 6.21. The molecule has 0 atom stereocenters. The van der Waals surface area contributed by atoms with Crippen LogP contribution in [0.25, 0.3) is 66.8 Å². The minimum atomic E-state index is -1.22. The first kappa shape index (κ1) is 43.3. The van der Waals surface area contributed by atoms with Crippen molar-refractivity contribution in [3.05, 3.63) is 194 Å². The predicted octanol–water partition coefficient (Wildman–Crippen LogP) is 14.5. The molecule has 0 spiro atoms. The summed E-state index contributed by atoms with van der Waals surface area (Å²) in [7, 11) is -1.22. The van der Waals surface area contributed by atoms with Gasteiger partial charge < -0.3 is 4.42 Å².